The standard InChI is InChI=1S/C21H32N4O3S/c1-2-14-25-19-11-10-17(29(22,27)28)15-18(19)24-20(25)12-13-21(26)23-16-8-6-4-3-5-7-9-16/h10-11,15-16H,2-9,12-14H2,1H3,(H,23,26)(H2,22,27,28). The van der Waals surface area contributed by atoms with Gasteiger partial charge in [0, 0.05) is 25.4 Å². The Kier molecular flexibility index (Phi) is 7.29. The number of fused-ring (bicyclic) bond motifs is 1. The molecule has 0 atom stereocenters. The van der Waals surface area contributed by atoms with Crippen LogP contribution in [0.1, 0.15) is 70.5 Å². The van der Waals surface area contributed by atoms with Crippen LogP contribution in [-0.2, 0) is 27.8 Å². The average molecular weight is 421 g/mol. The van der Waals surface area contributed by atoms with E-state index in [4.69, 9.17) is 5.14 Å². The predicted octanol–water partition coefficient (Wildman–Crippen LogP) is 3.26. The Morgan fingerprint density at radius 3 is 2.55 bits per heavy atom. The van der Waals surface area contributed by atoms with Crippen molar-refractivity contribution in [1.82, 2.24) is 14.9 Å². The first kappa shape index (κ1) is 21.8. The zero-order chi connectivity index (χ0) is 20.9. The number of aromatic nitrogens is 2. The normalized spacial score (nSPS) is 16.5. The highest BCUT2D eigenvalue weighted by molar-refractivity contribution is 7.89. The number of carbonyl (C=O) groups is 1. The Morgan fingerprint density at radius 1 is 1.21 bits per heavy atom. The Hall–Kier alpha value is -1.93. The minimum atomic E-state index is -3.77. The number of sulfonamides is 1. The minimum Gasteiger partial charge on any atom is -0.353 e. The lowest BCUT2D eigenvalue weighted by Crippen LogP contribution is -2.35. The van der Waals surface area contributed by atoms with Gasteiger partial charge in [-0.15, -0.1) is 0 Å². The molecule has 3 rings (SSSR count). The number of nitrogens with two attached hydrogens (primary N) is 1. The van der Waals surface area contributed by atoms with Gasteiger partial charge in [-0.3, -0.25) is 4.79 Å². The highest BCUT2D eigenvalue weighted by Crippen LogP contribution is 2.22. The molecular weight excluding hydrogens is 388 g/mol. The second kappa shape index (κ2) is 9.71. The van der Waals surface area contributed by atoms with Gasteiger partial charge < -0.3 is 9.88 Å². The van der Waals surface area contributed by atoms with Crippen molar-refractivity contribution in [2.45, 2.75) is 88.6 Å². The molecule has 0 spiro atoms. The summed E-state index contributed by atoms with van der Waals surface area (Å²) in [5.41, 5.74) is 1.47. The maximum atomic E-state index is 12.5. The first-order valence-electron chi connectivity index (χ1n) is 10.7. The van der Waals surface area contributed by atoms with Crippen molar-refractivity contribution < 1.29 is 13.2 Å². The SMILES string of the molecule is CCCn1c(CCC(=O)NC2CCCCCCC2)nc2cc(S(N)(=O)=O)ccc21. The molecule has 2 aromatic rings. The molecule has 7 nitrogen and oxygen atoms in total. The van der Waals surface area contributed by atoms with Crippen molar-refractivity contribution in [2.75, 3.05) is 0 Å². The van der Waals surface area contributed by atoms with Gasteiger partial charge in [-0.05, 0) is 37.5 Å². The third-order valence-corrected chi connectivity index (χ3v) is 6.53. The number of hydrogen-bond acceptors (Lipinski definition) is 4. The van der Waals surface area contributed by atoms with Gasteiger partial charge in [-0.2, -0.15) is 0 Å². The smallest absolute Gasteiger partial charge is 0.238 e. The number of benzene rings is 1. The summed E-state index contributed by atoms with van der Waals surface area (Å²) >= 11 is 0. The van der Waals surface area contributed by atoms with Crippen molar-refractivity contribution in [3.05, 3.63) is 24.0 Å². The number of rotatable bonds is 7. The molecule has 0 unspecified atom stereocenters. The summed E-state index contributed by atoms with van der Waals surface area (Å²) in [6, 6.07) is 5.05. The first-order chi connectivity index (χ1) is 13.9. The lowest BCUT2D eigenvalue weighted by Gasteiger charge is -2.21. The fourth-order valence-corrected chi connectivity index (χ4v) is 4.66. The molecule has 1 amide bonds. The molecule has 1 aliphatic rings. The molecular formula is C21H32N4O3S. The van der Waals surface area contributed by atoms with E-state index in [2.05, 4.69) is 21.8 Å². The molecule has 29 heavy (non-hydrogen) atoms. The van der Waals surface area contributed by atoms with E-state index in [-0.39, 0.29) is 16.8 Å². The third-order valence-electron chi connectivity index (χ3n) is 5.62. The van der Waals surface area contributed by atoms with Gasteiger partial charge in [0.2, 0.25) is 15.9 Å². The molecule has 1 aromatic carbocycles. The number of hydrogen-bond donors (Lipinski definition) is 2. The minimum absolute atomic E-state index is 0.0553. The summed E-state index contributed by atoms with van der Waals surface area (Å²) in [6.07, 6.45) is 10.1. The maximum absolute atomic E-state index is 12.5. The van der Waals surface area contributed by atoms with Crippen LogP contribution in [0.15, 0.2) is 23.1 Å². The number of aryl methyl sites for hydroxylation is 2. The number of nitrogens with one attached hydrogen (secondary N) is 1. The zero-order valence-electron chi connectivity index (χ0n) is 17.2. The van der Waals surface area contributed by atoms with Crippen LogP contribution in [-0.4, -0.2) is 29.9 Å². The van der Waals surface area contributed by atoms with E-state index in [1.165, 1.54) is 44.2 Å². The van der Waals surface area contributed by atoms with Gasteiger partial charge >= 0.3 is 0 Å². The molecule has 1 fully saturated rings. The van der Waals surface area contributed by atoms with Crippen LogP contribution in [0.5, 0.6) is 0 Å². The van der Waals surface area contributed by atoms with Crippen LogP contribution in [0, 0.1) is 0 Å². The monoisotopic (exact) mass is 420 g/mol. The van der Waals surface area contributed by atoms with Crippen molar-refractivity contribution in [1.29, 1.82) is 0 Å². The van der Waals surface area contributed by atoms with E-state index in [1.807, 2.05) is 0 Å². The second-order valence-electron chi connectivity index (χ2n) is 7.98. The van der Waals surface area contributed by atoms with Gasteiger partial charge in [0.25, 0.3) is 0 Å². The molecule has 1 aliphatic carbocycles. The third kappa shape index (κ3) is 5.79. The summed E-state index contributed by atoms with van der Waals surface area (Å²) in [4.78, 5) is 17.2. The van der Waals surface area contributed by atoms with Crippen LogP contribution >= 0.6 is 0 Å². The number of amides is 1. The van der Waals surface area contributed by atoms with Crippen LogP contribution < -0.4 is 10.5 Å². The van der Waals surface area contributed by atoms with E-state index in [1.54, 1.807) is 6.07 Å². The number of primary sulfonamides is 1. The van der Waals surface area contributed by atoms with E-state index in [0.29, 0.717) is 18.4 Å². The summed E-state index contributed by atoms with van der Waals surface area (Å²) in [7, 11) is -3.77. The Morgan fingerprint density at radius 2 is 1.90 bits per heavy atom. The maximum Gasteiger partial charge on any atom is 0.238 e. The largest absolute Gasteiger partial charge is 0.353 e. The Bertz CT molecular complexity index is 944. The van der Waals surface area contributed by atoms with Gasteiger partial charge in [0.1, 0.15) is 5.82 Å². The Balaban J connectivity index is 1.71. The fourth-order valence-electron chi connectivity index (χ4n) is 4.13. The van der Waals surface area contributed by atoms with Crippen LogP contribution in [0.4, 0.5) is 0 Å². The molecule has 160 valence electrons. The molecule has 0 bridgehead atoms. The van der Waals surface area contributed by atoms with Gasteiger partial charge in [-0.25, -0.2) is 18.5 Å². The number of nitrogens with zero attached hydrogens (tertiary/aromatic N) is 2. The fraction of sp³-hybridized carbons (Fsp3) is 0.619. The lowest BCUT2D eigenvalue weighted by molar-refractivity contribution is -0.121. The number of carbonyl (C=O) groups excluding carboxylic acids is 1. The van der Waals surface area contributed by atoms with Gasteiger partial charge in [-0.1, -0.05) is 39.0 Å². The van der Waals surface area contributed by atoms with Gasteiger partial charge in [0.05, 0.1) is 15.9 Å². The number of imidazole rings is 1. The van der Waals surface area contributed by atoms with E-state index in [0.717, 1.165) is 37.1 Å². The highest BCUT2D eigenvalue weighted by Gasteiger charge is 2.17. The topological polar surface area (TPSA) is 107 Å². The summed E-state index contributed by atoms with van der Waals surface area (Å²) < 4.78 is 25.3. The molecule has 1 saturated carbocycles. The molecule has 0 saturated heterocycles. The van der Waals surface area contributed by atoms with Crippen LogP contribution in [0.3, 0.4) is 0 Å². The molecule has 1 heterocycles. The van der Waals surface area contributed by atoms with E-state index >= 15 is 0 Å². The summed E-state index contributed by atoms with van der Waals surface area (Å²) in [5.74, 6) is 0.872. The van der Waals surface area contributed by atoms with Crippen molar-refractivity contribution in [3.63, 3.8) is 0 Å². The average Bonchev–Trinajstić information content (AvgIpc) is 2.99. The second-order valence-corrected chi connectivity index (χ2v) is 9.55. The van der Waals surface area contributed by atoms with Crippen LogP contribution in [0.25, 0.3) is 11.0 Å². The Labute approximate surface area is 173 Å². The van der Waals surface area contributed by atoms with Crippen molar-refractivity contribution in [3.8, 4) is 0 Å². The summed E-state index contributed by atoms with van der Waals surface area (Å²) in [5, 5.41) is 8.44. The van der Waals surface area contributed by atoms with Crippen molar-refractivity contribution >= 4 is 27.0 Å². The zero-order valence-corrected chi connectivity index (χ0v) is 18.0. The van der Waals surface area contributed by atoms with Crippen molar-refractivity contribution in [2.24, 2.45) is 5.14 Å². The van der Waals surface area contributed by atoms with Crippen LogP contribution in [0.2, 0.25) is 0 Å². The quantitative estimate of drug-likeness (QED) is 0.717. The lowest BCUT2D eigenvalue weighted by atomic mass is 9.96. The predicted molar refractivity (Wildman–Crippen MR) is 114 cm³/mol. The molecule has 8 heteroatoms. The molecule has 3 N–H and O–H groups in total. The molecule has 0 radical (unpaired) electrons. The summed E-state index contributed by atoms with van der Waals surface area (Å²) in [6.45, 7) is 2.85. The molecule has 0 aliphatic heterocycles. The van der Waals surface area contributed by atoms with Gasteiger partial charge in [0.15, 0.2) is 0 Å². The van der Waals surface area contributed by atoms with E-state index < -0.39 is 10.0 Å². The van der Waals surface area contributed by atoms with E-state index in [9.17, 15) is 13.2 Å². The first-order valence-corrected chi connectivity index (χ1v) is 12.2. The highest BCUT2D eigenvalue weighted by atomic mass is 32.2. The molecule has 1 aromatic heterocycles.